The number of hydrogen-bond donors (Lipinski definition) is 1. The van der Waals surface area contributed by atoms with E-state index in [1.165, 1.54) is 4.90 Å². The maximum absolute atomic E-state index is 12.6. The molecular weight excluding hydrogens is 395 g/mol. The first kappa shape index (κ1) is 20.5. The van der Waals surface area contributed by atoms with E-state index in [9.17, 15) is 37.7 Å². The minimum absolute atomic E-state index is 0.290. The number of nitro groups is 1. The molecule has 0 spiro atoms. The van der Waals surface area contributed by atoms with Gasteiger partial charge in [0.15, 0.2) is 6.61 Å². The number of amides is 2. The van der Waals surface area contributed by atoms with E-state index in [4.69, 9.17) is 0 Å². The van der Waals surface area contributed by atoms with Gasteiger partial charge in [-0.2, -0.15) is 13.2 Å². The molecule has 2 rings (SSSR count). The number of anilines is 1. The van der Waals surface area contributed by atoms with Crippen molar-refractivity contribution in [3.63, 3.8) is 0 Å². The average molecular weight is 407 g/mol. The van der Waals surface area contributed by atoms with Crippen LogP contribution in [0.15, 0.2) is 18.2 Å². The Morgan fingerprint density at radius 2 is 2.07 bits per heavy atom. The zero-order chi connectivity index (χ0) is 20.2. The summed E-state index contributed by atoms with van der Waals surface area (Å²) in [5.41, 5.74) is -2.67. The Morgan fingerprint density at radius 3 is 2.63 bits per heavy atom. The van der Waals surface area contributed by atoms with E-state index in [0.717, 1.165) is 17.8 Å². The molecule has 1 saturated heterocycles. The highest BCUT2D eigenvalue weighted by molar-refractivity contribution is 8.13. The Balaban J connectivity index is 1.95. The van der Waals surface area contributed by atoms with Crippen molar-refractivity contribution in [2.45, 2.75) is 6.18 Å². The second-order valence-corrected chi connectivity index (χ2v) is 6.28. The van der Waals surface area contributed by atoms with Crippen LogP contribution >= 0.6 is 11.8 Å². The molecule has 1 aliphatic heterocycles. The number of thioether (sulfide) groups is 1. The molecule has 0 atom stereocenters. The largest absolute Gasteiger partial charge is 0.454 e. The number of carbonyl (C=O) groups excluding carboxylic acids is 3. The van der Waals surface area contributed by atoms with Crippen molar-refractivity contribution in [2.75, 3.05) is 30.8 Å². The highest BCUT2D eigenvalue weighted by Crippen LogP contribution is 2.34. The third-order valence-electron chi connectivity index (χ3n) is 3.32. The number of ether oxygens (including phenoxy) is 1. The zero-order valence-corrected chi connectivity index (χ0v) is 14.3. The molecular formula is C14H12F3N3O6S. The summed E-state index contributed by atoms with van der Waals surface area (Å²) in [5, 5.41) is 12.7. The van der Waals surface area contributed by atoms with Crippen LogP contribution in [0, 0.1) is 10.1 Å². The summed E-state index contributed by atoms with van der Waals surface area (Å²) in [6.45, 7) is -0.797. The van der Waals surface area contributed by atoms with Gasteiger partial charge in [-0.1, -0.05) is 11.8 Å². The molecule has 27 heavy (non-hydrogen) atoms. The van der Waals surface area contributed by atoms with Gasteiger partial charge in [0.05, 0.1) is 10.5 Å². The Morgan fingerprint density at radius 1 is 1.37 bits per heavy atom. The topological polar surface area (TPSA) is 119 Å². The molecule has 1 N–H and O–H groups in total. The quantitative estimate of drug-likeness (QED) is 0.436. The van der Waals surface area contributed by atoms with Crippen LogP contribution in [-0.4, -0.2) is 52.4 Å². The first-order valence-corrected chi connectivity index (χ1v) is 8.29. The zero-order valence-electron chi connectivity index (χ0n) is 13.4. The number of nitro benzene ring substituents is 1. The molecule has 0 radical (unpaired) electrons. The van der Waals surface area contributed by atoms with E-state index in [1.54, 1.807) is 0 Å². The van der Waals surface area contributed by atoms with Crippen molar-refractivity contribution < 1.29 is 37.2 Å². The highest BCUT2D eigenvalue weighted by atomic mass is 32.2. The lowest BCUT2D eigenvalue weighted by Gasteiger charge is -2.13. The molecule has 2 amide bonds. The molecule has 0 saturated carbocycles. The number of rotatable bonds is 6. The van der Waals surface area contributed by atoms with Gasteiger partial charge in [-0.3, -0.25) is 24.5 Å². The third-order valence-corrected chi connectivity index (χ3v) is 4.22. The van der Waals surface area contributed by atoms with Gasteiger partial charge in [-0.05, 0) is 12.1 Å². The molecule has 1 aromatic rings. The summed E-state index contributed by atoms with van der Waals surface area (Å²) in [5.74, 6) is -1.30. The van der Waals surface area contributed by atoms with E-state index >= 15 is 0 Å². The number of carbonyl (C=O) groups is 3. The van der Waals surface area contributed by atoms with Crippen LogP contribution in [-0.2, 0) is 20.5 Å². The van der Waals surface area contributed by atoms with Crippen LogP contribution < -0.4 is 5.32 Å². The van der Waals surface area contributed by atoms with Crippen LogP contribution in [0.1, 0.15) is 5.56 Å². The summed E-state index contributed by atoms with van der Waals surface area (Å²) in [7, 11) is 0. The maximum atomic E-state index is 12.6. The van der Waals surface area contributed by atoms with Gasteiger partial charge in [-0.25, -0.2) is 0 Å². The summed E-state index contributed by atoms with van der Waals surface area (Å²) >= 11 is 1.04. The molecule has 1 heterocycles. The number of halogens is 3. The summed E-state index contributed by atoms with van der Waals surface area (Å²) in [4.78, 5) is 45.8. The summed E-state index contributed by atoms with van der Waals surface area (Å²) in [6, 6.07) is 1.60. The van der Waals surface area contributed by atoms with Crippen molar-refractivity contribution in [3.8, 4) is 0 Å². The number of esters is 1. The van der Waals surface area contributed by atoms with Crippen molar-refractivity contribution in [1.82, 2.24) is 4.90 Å². The SMILES string of the molecule is O=C(COC(=O)CN1CCSC1=O)Nc1ccc(C(F)(F)F)cc1[N+](=O)[O-]. The lowest BCUT2D eigenvalue weighted by molar-refractivity contribution is -0.384. The van der Waals surface area contributed by atoms with E-state index in [1.807, 2.05) is 5.32 Å². The van der Waals surface area contributed by atoms with Crippen molar-refractivity contribution in [3.05, 3.63) is 33.9 Å². The molecule has 1 aromatic carbocycles. The van der Waals surface area contributed by atoms with Gasteiger partial charge in [0.1, 0.15) is 12.2 Å². The third kappa shape index (κ3) is 5.57. The van der Waals surface area contributed by atoms with E-state index in [2.05, 4.69) is 4.74 Å². The first-order valence-electron chi connectivity index (χ1n) is 7.30. The molecule has 146 valence electrons. The van der Waals surface area contributed by atoms with Gasteiger partial charge < -0.3 is 15.0 Å². The van der Waals surface area contributed by atoms with Crippen molar-refractivity contribution >= 4 is 40.3 Å². The molecule has 1 aliphatic rings. The first-order chi connectivity index (χ1) is 12.6. The predicted octanol–water partition coefficient (Wildman–Crippen LogP) is 2.26. The van der Waals surface area contributed by atoms with Crippen LogP contribution in [0.3, 0.4) is 0 Å². The summed E-state index contributed by atoms with van der Waals surface area (Å²) < 4.78 is 42.6. The summed E-state index contributed by atoms with van der Waals surface area (Å²) in [6.07, 6.45) is -4.78. The Labute approximate surface area is 154 Å². The van der Waals surface area contributed by atoms with Crippen LogP contribution in [0.5, 0.6) is 0 Å². The van der Waals surface area contributed by atoms with Crippen LogP contribution in [0.25, 0.3) is 0 Å². The predicted molar refractivity (Wildman–Crippen MR) is 87.1 cm³/mol. The molecule has 0 aromatic heterocycles. The lowest BCUT2D eigenvalue weighted by atomic mass is 10.1. The second kappa shape index (κ2) is 8.24. The number of benzene rings is 1. The second-order valence-electron chi connectivity index (χ2n) is 5.23. The van der Waals surface area contributed by atoms with Gasteiger partial charge in [0.25, 0.3) is 16.8 Å². The number of nitrogens with one attached hydrogen (secondary N) is 1. The monoisotopic (exact) mass is 407 g/mol. The van der Waals surface area contributed by atoms with Crippen molar-refractivity contribution in [2.24, 2.45) is 0 Å². The Kier molecular flexibility index (Phi) is 6.25. The van der Waals surface area contributed by atoms with E-state index in [-0.39, 0.29) is 17.9 Å². The van der Waals surface area contributed by atoms with E-state index < -0.39 is 46.5 Å². The standard InChI is InChI=1S/C14H12F3N3O6S/c15-14(16,17)8-1-2-9(10(5-8)20(24)25)18-11(21)7-26-12(22)6-19-3-4-27-13(19)23/h1-2,5H,3-4,6-7H2,(H,18,21). The fourth-order valence-corrected chi connectivity index (χ4v) is 2.89. The van der Waals surface area contributed by atoms with Gasteiger partial charge in [0.2, 0.25) is 0 Å². The van der Waals surface area contributed by atoms with E-state index in [0.29, 0.717) is 18.4 Å². The minimum atomic E-state index is -4.78. The smallest absolute Gasteiger partial charge is 0.416 e. The van der Waals surface area contributed by atoms with Gasteiger partial charge in [0, 0.05) is 18.4 Å². The lowest BCUT2D eigenvalue weighted by Crippen LogP contribution is -2.32. The highest BCUT2D eigenvalue weighted by Gasteiger charge is 2.33. The molecule has 1 fully saturated rings. The fraction of sp³-hybridized carbons (Fsp3) is 0.357. The Hall–Kier alpha value is -2.83. The molecule has 9 nitrogen and oxygen atoms in total. The fourth-order valence-electron chi connectivity index (χ4n) is 2.07. The van der Waals surface area contributed by atoms with Crippen LogP contribution in [0.4, 0.5) is 29.3 Å². The maximum Gasteiger partial charge on any atom is 0.416 e. The average Bonchev–Trinajstić information content (AvgIpc) is 2.97. The van der Waals surface area contributed by atoms with Gasteiger partial charge in [-0.15, -0.1) is 0 Å². The normalized spacial score (nSPS) is 14.2. The molecule has 13 heteroatoms. The molecule has 0 aliphatic carbocycles. The number of alkyl halides is 3. The number of hydrogen-bond acceptors (Lipinski definition) is 7. The minimum Gasteiger partial charge on any atom is -0.454 e. The Bertz CT molecular complexity index is 786. The van der Waals surface area contributed by atoms with Crippen molar-refractivity contribution in [1.29, 1.82) is 0 Å². The number of nitrogens with zero attached hydrogens (tertiary/aromatic N) is 2. The van der Waals surface area contributed by atoms with Crippen LogP contribution in [0.2, 0.25) is 0 Å². The molecule has 0 unspecified atom stereocenters. The van der Waals surface area contributed by atoms with Gasteiger partial charge >= 0.3 is 12.1 Å². The molecule has 0 bridgehead atoms.